The lowest BCUT2D eigenvalue weighted by Gasteiger charge is -2.38. The monoisotopic (exact) mass is 281 g/mol. The Morgan fingerprint density at radius 1 is 1.55 bits per heavy atom. The number of hydrogen-bond acceptors (Lipinski definition) is 5. The Balaban J connectivity index is 2.21. The molecule has 7 nitrogen and oxygen atoms in total. The topological polar surface area (TPSA) is 95.5 Å². The van der Waals surface area contributed by atoms with Crippen LogP contribution >= 0.6 is 0 Å². The molecular formula is C13H19N3O4. The summed E-state index contributed by atoms with van der Waals surface area (Å²) in [5.41, 5.74) is -0.992. The van der Waals surface area contributed by atoms with E-state index in [0.29, 0.717) is 38.2 Å². The molecule has 1 aliphatic heterocycles. The molecule has 0 aromatic carbocycles. The van der Waals surface area contributed by atoms with E-state index in [1.165, 1.54) is 13.4 Å². The molecule has 0 bridgehead atoms. The van der Waals surface area contributed by atoms with Gasteiger partial charge in [-0.15, -0.1) is 0 Å². The maximum Gasteiger partial charge on any atom is 0.309 e. The lowest BCUT2D eigenvalue weighted by atomic mass is 9.76. The highest BCUT2D eigenvalue weighted by atomic mass is 16.5. The zero-order chi connectivity index (χ0) is 14.8. The van der Waals surface area contributed by atoms with Gasteiger partial charge >= 0.3 is 5.97 Å². The maximum absolute atomic E-state index is 11.7. The maximum atomic E-state index is 11.7. The van der Waals surface area contributed by atoms with Crippen molar-refractivity contribution in [2.45, 2.75) is 26.2 Å². The quantitative estimate of drug-likeness (QED) is 0.850. The summed E-state index contributed by atoms with van der Waals surface area (Å²) in [7, 11) is 1.42. The number of carboxylic acids is 1. The molecule has 1 aromatic heterocycles. The lowest BCUT2D eigenvalue weighted by molar-refractivity contribution is -0.150. The molecule has 2 heterocycles. The van der Waals surface area contributed by atoms with Crippen molar-refractivity contribution in [1.82, 2.24) is 9.97 Å². The van der Waals surface area contributed by atoms with Gasteiger partial charge in [-0.2, -0.15) is 0 Å². The number of nitrogens with zero attached hydrogens (tertiary/aromatic N) is 2. The molecule has 110 valence electrons. The van der Waals surface area contributed by atoms with Crippen LogP contribution in [-0.4, -0.2) is 41.2 Å². The van der Waals surface area contributed by atoms with Crippen LogP contribution in [-0.2, 0) is 4.79 Å². The third kappa shape index (κ3) is 2.35. The Hall–Kier alpha value is -2.05. The predicted octanol–water partition coefficient (Wildman–Crippen LogP) is 0.860. The summed E-state index contributed by atoms with van der Waals surface area (Å²) in [5.74, 6) is -0.0938. The van der Waals surface area contributed by atoms with E-state index in [-0.39, 0.29) is 11.3 Å². The van der Waals surface area contributed by atoms with Crippen LogP contribution in [0.4, 0.5) is 5.82 Å². The van der Waals surface area contributed by atoms with Crippen molar-refractivity contribution < 1.29 is 14.6 Å². The highest BCUT2D eigenvalue weighted by Crippen LogP contribution is 2.37. The van der Waals surface area contributed by atoms with Crippen LogP contribution in [0.3, 0.4) is 0 Å². The molecule has 0 atom stereocenters. The fourth-order valence-electron chi connectivity index (χ4n) is 2.65. The molecule has 20 heavy (non-hydrogen) atoms. The van der Waals surface area contributed by atoms with Crippen molar-refractivity contribution in [3.05, 3.63) is 16.7 Å². The second kappa shape index (κ2) is 5.52. The second-order valence-corrected chi connectivity index (χ2v) is 5.01. The molecule has 0 amide bonds. The van der Waals surface area contributed by atoms with E-state index < -0.39 is 11.4 Å². The summed E-state index contributed by atoms with van der Waals surface area (Å²) in [6.07, 6.45) is 3.02. The number of aromatic nitrogens is 2. The zero-order valence-electron chi connectivity index (χ0n) is 11.7. The number of carboxylic acid groups (broad SMARTS) is 1. The van der Waals surface area contributed by atoms with E-state index >= 15 is 0 Å². The van der Waals surface area contributed by atoms with Gasteiger partial charge < -0.3 is 19.7 Å². The number of piperidine rings is 1. The Bertz CT molecular complexity index is 547. The standard InChI is InChI=1S/C13H19N3O4/c1-3-13(12(18)19)4-6-16(7-5-13)10-9(20-2)11(17)15-8-14-10/h8H,3-7H2,1-2H3,(H,18,19)(H,14,15,17). The Labute approximate surface area is 116 Å². The van der Waals surface area contributed by atoms with Crippen molar-refractivity contribution >= 4 is 11.8 Å². The molecule has 1 saturated heterocycles. The number of rotatable bonds is 4. The van der Waals surface area contributed by atoms with Crippen molar-refractivity contribution in [2.75, 3.05) is 25.1 Å². The highest BCUT2D eigenvalue weighted by molar-refractivity contribution is 5.75. The number of aliphatic carboxylic acids is 1. The number of anilines is 1. The van der Waals surface area contributed by atoms with Crippen molar-refractivity contribution in [3.8, 4) is 5.75 Å². The minimum Gasteiger partial charge on any atom is -0.489 e. The molecule has 1 aliphatic rings. The minimum atomic E-state index is -0.745. The van der Waals surface area contributed by atoms with Crippen LogP contribution in [0.15, 0.2) is 11.1 Å². The Kier molecular flexibility index (Phi) is 3.96. The number of H-pyrrole nitrogens is 1. The average Bonchev–Trinajstić information content (AvgIpc) is 2.47. The first-order valence-corrected chi connectivity index (χ1v) is 6.64. The Morgan fingerprint density at radius 3 is 2.70 bits per heavy atom. The van der Waals surface area contributed by atoms with E-state index in [1.54, 1.807) is 0 Å². The number of aromatic amines is 1. The molecule has 2 rings (SSSR count). The van der Waals surface area contributed by atoms with Gasteiger partial charge in [0.15, 0.2) is 5.82 Å². The SMILES string of the molecule is CCC1(C(=O)O)CCN(c2nc[nH]c(=O)c2OC)CC1. The molecule has 7 heteroatoms. The zero-order valence-corrected chi connectivity index (χ0v) is 11.7. The number of hydrogen-bond donors (Lipinski definition) is 2. The first-order chi connectivity index (χ1) is 9.54. The van der Waals surface area contributed by atoms with Gasteiger partial charge in [0.25, 0.3) is 5.56 Å². The van der Waals surface area contributed by atoms with Crippen LogP contribution < -0.4 is 15.2 Å². The first kappa shape index (κ1) is 14.4. The normalized spacial score (nSPS) is 17.8. The molecule has 0 unspecified atom stereocenters. The second-order valence-electron chi connectivity index (χ2n) is 5.01. The summed E-state index contributed by atoms with van der Waals surface area (Å²) in [6.45, 7) is 3.00. The van der Waals surface area contributed by atoms with Crippen LogP contribution in [0.2, 0.25) is 0 Å². The van der Waals surface area contributed by atoms with Crippen LogP contribution in [0.1, 0.15) is 26.2 Å². The number of methoxy groups -OCH3 is 1. The predicted molar refractivity (Wildman–Crippen MR) is 73.2 cm³/mol. The molecule has 2 N–H and O–H groups in total. The van der Waals surface area contributed by atoms with Crippen LogP contribution in [0.25, 0.3) is 0 Å². The van der Waals surface area contributed by atoms with Gasteiger partial charge in [-0.1, -0.05) is 6.92 Å². The summed E-state index contributed by atoms with van der Waals surface area (Å²) < 4.78 is 5.09. The average molecular weight is 281 g/mol. The van der Waals surface area contributed by atoms with E-state index in [4.69, 9.17) is 4.74 Å². The smallest absolute Gasteiger partial charge is 0.309 e. The first-order valence-electron chi connectivity index (χ1n) is 6.64. The fraction of sp³-hybridized carbons (Fsp3) is 0.615. The molecule has 0 aliphatic carbocycles. The highest BCUT2D eigenvalue weighted by Gasteiger charge is 2.40. The van der Waals surface area contributed by atoms with Crippen molar-refractivity contribution in [3.63, 3.8) is 0 Å². The van der Waals surface area contributed by atoms with Gasteiger partial charge in [0.2, 0.25) is 5.75 Å². The molecular weight excluding hydrogens is 262 g/mol. The minimum absolute atomic E-state index is 0.173. The van der Waals surface area contributed by atoms with Crippen LogP contribution in [0, 0.1) is 5.41 Å². The van der Waals surface area contributed by atoms with Gasteiger partial charge in [0.1, 0.15) is 0 Å². The van der Waals surface area contributed by atoms with Crippen molar-refractivity contribution in [2.24, 2.45) is 5.41 Å². The number of nitrogens with one attached hydrogen (secondary N) is 1. The largest absolute Gasteiger partial charge is 0.489 e. The summed E-state index contributed by atoms with van der Waals surface area (Å²) in [5, 5.41) is 9.38. The molecule has 1 fully saturated rings. The van der Waals surface area contributed by atoms with Crippen LogP contribution in [0.5, 0.6) is 5.75 Å². The fourth-order valence-corrected chi connectivity index (χ4v) is 2.65. The van der Waals surface area contributed by atoms with Gasteiger partial charge in [0.05, 0.1) is 18.9 Å². The van der Waals surface area contributed by atoms with E-state index in [2.05, 4.69) is 9.97 Å². The number of ether oxygens (including phenoxy) is 1. The van der Waals surface area contributed by atoms with E-state index in [1.807, 2.05) is 11.8 Å². The van der Waals surface area contributed by atoms with E-state index in [9.17, 15) is 14.7 Å². The van der Waals surface area contributed by atoms with Gasteiger partial charge in [-0.25, -0.2) is 4.98 Å². The van der Waals surface area contributed by atoms with E-state index in [0.717, 1.165) is 0 Å². The summed E-state index contributed by atoms with van der Waals surface area (Å²) >= 11 is 0. The third-order valence-electron chi connectivity index (χ3n) is 4.15. The third-order valence-corrected chi connectivity index (χ3v) is 4.15. The molecule has 0 saturated carbocycles. The molecule has 0 spiro atoms. The van der Waals surface area contributed by atoms with Gasteiger partial charge in [-0.3, -0.25) is 9.59 Å². The molecule has 1 aromatic rings. The van der Waals surface area contributed by atoms with Crippen molar-refractivity contribution in [1.29, 1.82) is 0 Å². The molecule has 0 radical (unpaired) electrons. The Morgan fingerprint density at radius 2 is 2.20 bits per heavy atom. The van der Waals surface area contributed by atoms with Gasteiger partial charge in [0, 0.05) is 13.1 Å². The lowest BCUT2D eigenvalue weighted by Crippen LogP contribution is -2.44. The number of carbonyl (C=O) groups is 1. The van der Waals surface area contributed by atoms with Gasteiger partial charge in [-0.05, 0) is 19.3 Å². The summed E-state index contributed by atoms with van der Waals surface area (Å²) in [6, 6.07) is 0. The summed E-state index contributed by atoms with van der Waals surface area (Å²) in [4.78, 5) is 31.6.